The van der Waals surface area contributed by atoms with Crippen molar-refractivity contribution in [2.45, 2.75) is 64.5 Å². The van der Waals surface area contributed by atoms with Gasteiger partial charge in [-0.25, -0.2) is 0 Å². The number of methoxy groups -OCH3 is 1. The lowest BCUT2D eigenvalue weighted by molar-refractivity contribution is -0.145. The normalized spacial score (nSPS) is 19.9. The van der Waals surface area contributed by atoms with Crippen molar-refractivity contribution >= 4 is 5.97 Å². The van der Waals surface area contributed by atoms with Crippen molar-refractivity contribution < 1.29 is 9.53 Å². The summed E-state index contributed by atoms with van der Waals surface area (Å²) in [5.41, 5.74) is 0. The van der Waals surface area contributed by atoms with E-state index in [0.717, 1.165) is 25.6 Å². The third-order valence-corrected chi connectivity index (χ3v) is 4.67. The van der Waals surface area contributed by atoms with Crippen LogP contribution in [0, 0.1) is 5.92 Å². The maximum Gasteiger partial charge on any atom is 0.309 e. The smallest absolute Gasteiger partial charge is 0.309 e. The molecule has 0 aromatic rings. The third kappa shape index (κ3) is 5.80. The monoisotopic (exact) mass is 284 g/mol. The summed E-state index contributed by atoms with van der Waals surface area (Å²) < 4.78 is 4.77. The van der Waals surface area contributed by atoms with E-state index in [2.05, 4.69) is 17.3 Å². The first-order chi connectivity index (χ1) is 9.56. The summed E-state index contributed by atoms with van der Waals surface area (Å²) >= 11 is 0. The molecule has 1 aliphatic rings. The van der Waals surface area contributed by atoms with Gasteiger partial charge in [-0.15, -0.1) is 0 Å². The Morgan fingerprint density at radius 3 is 2.55 bits per heavy atom. The number of hydrogen-bond donors (Lipinski definition) is 1. The molecule has 1 saturated carbocycles. The highest BCUT2D eigenvalue weighted by Crippen LogP contribution is 2.21. The number of carbonyl (C=O) groups excluding carboxylic acids is 1. The van der Waals surface area contributed by atoms with Crippen molar-refractivity contribution in [3.63, 3.8) is 0 Å². The molecule has 0 radical (unpaired) electrons. The number of hydrogen-bond acceptors (Lipinski definition) is 4. The molecule has 1 fully saturated rings. The van der Waals surface area contributed by atoms with Crippen molar-refractivity contribution in [3.05, 3.63) is 0 Å². The van der Waals surface area contributed by atoms with E-state index >= 15 is 0 Å². The molecule has 0 heterocycles. The minimum Gasteiger partial charge on any atom is -0.469 e. The van der Waals surface area contributed by atoms with E-state index in [1.54, 1.807) is 0 Å². The summed E-state index contributed by atoms with van der Waals surface area (Å²) in [6, 6.07) is 0.956. The Bertz CT molecular complexity index is 278. The maximum absolute atomic E-state index is 11.4. The highest BCUT2D eigenvalue weighted by atomic mass is 16.5. The molecule has 118 valence electrons. The Hall–Kier alpha value is -0.610. The third-order valence-electron chi connectivity index (χ3n) is 4.67. The first-order valence-electron chi connectivity index (χ1n) is 8.07. The Kier molecular flexibility index (Phi) is 8.15. The largest absolute Gasteiger partial charge is 0.469 e. The van der Waals surface area contributed by atoms with Gasteiger partial charge in [-0.3, -0.25) is 4.79 Å². The van der Waals surface area contributed by atoms with Crippen molar-refractivity contribution in [1.29, 1.82) is 0 Å². The molecule has 0 amide bonds. The molecule has 2 atom stereocenters. The van der Waals surface area contributed by atoms with Crippen LogP contribution < -0.4 is 5.32 Å². The van der Waals surface area contributed by atoms with Gasteiger partial charge in [0.25, 0.3) is 0 Å². The van der Waals surface area contributed by atoms with Crippen LogP contribution in [0.4, 0.5) is 0 Å². The Labute approximate surface area is 124 Å². The molecule has 0 aromatic heterocycles. The van der Waals surface area contributed by atoms with Gasteiger partial charge in [0.2, 0.25) is 0 Å². The van der Waals surface area contributed by atoms with Gasteiger partial charge in [-0.1, -0.05) is 26.2 Å². The van der Waals surface area contributed by atoms with Crippen LogP contribution in [0.1, 0.15) is 52.4 Å². The van der Waals surface area contributed by atoms with Crippen molar-refractivity contribution in [2.75, 3.05) is 27.2 Å². The van der Waals surface area contributed by atoms with Crippen molar-refractivity contribution in [3.8, 4) is 0 Å². The van der Waals surface area contributed by atoms with E-state index < -0.39 is 0 Å². The molecule has 2 unspecified atom stereocenters. The highest BCUT2D eigenvalue weighted by Gasteiger charge is 2.20. The molecule has 0 spiro atoms. The average molecular weight is 284 g/mol. The van der Waals surface area contributed by atoms with Crippen molar-refractivity contribution in [2.24, 2.45) is 5.92 Å². The molecular weight excluding hydrogens is 252 g/mol. The lowest BCUT2D eigenvalue weighted by atomic mass is 9.94. The number of nitrogens with one attached hydrogen (secondary N) is 1. The second-order valence-electron chi connectivity index (χ2n) is 6.18. The predicted octanol–water partition coefficient (Wildman–Crippen LogP) is 2.43. The summed E-state index contributed by atoms with van der Waals surface area (Å²) in [4.78, 5) is 13.9. The molecule has 0 aliphatic heterocycles. The van der Waals surface area contributed by atoms with Crippen LogP contribution in [0.3, 0.4) is 0 Å². The van der Waals surface area contributed by atoms with Gasteiger partial charge >= 0.3 is 5.97 Å². The molecule has 0 bridgehead atoms. The Morgan fingerprint density at radius 2 is 1.95 bits per heavy atom. The summed E-state index contributed by atoms with van der Waals surface area (Å²) in [7, 11) is 3.70. The van der Waals surface area contributed by atoms with E-state index in [1.165, 1.54) is 39.2 Å². The van der Waals surface area contributed by atoms with Gasteiger partial charge in [0, 0.05) is 12.1 Å². The van der Waals surface area contributed by atoms with Crippen LogP contribution in [-0.2, 0) is 9.53 Å². The quantitative estimate of drug-likeness (QED) is 0.549. The van der Waals surface area contributed by atoms with Crippen LogP contribution in [-0.4, -0.2) is 50.2 Å². The molecular formula is C16H32N2O2. The molecule has 1 N–H and O–H groups in total. The topological polar surface area (TPSA) is 41.6 Å². The van der Waals surface area contributed by atoms with Crippen LogP contribution in [0.5, 0.6) is 0 Å². The van der Waals surface area contributed by atoms with Gasteiger partial charge in [-0.05, 0) is 46.3 Å². The Balaban J connectivity index is 2.12. The van der Waals surface area contributed by atoms with Gasteiger partial charge in [0.15, 0.2) is 0 Å². The summed E-state index contributed by atoms with van der Waals surface area (Å²) in [5.74, 6) is -0.222. The van der Waals surface area contributed by atoms with E-state index in [-0.39, 0.29) is 17.9 Å². The second-order valence-corrected chi connectivity index (χ2v) is 6.18. The zero-order valence-corrected chi connectivity index (χ0v) is 13.7. The predicted molar refractivity (Wildman–Crippen MR) is 82.8 cm³/mol. The summed E-state index contributed by atoms with van der Waals surface area (Å²) in [5, 5.41) is 3.43. The molecule has 4 heteroatoms. The van der Waals surface area contributed by atoms with Gasteiger partial charge in [-0.2, -0.15) is 0 Å². The first kappa shape index (κ1) is 17.4. The maximum atomic E-state index is 11.4. The summed E-state index contributed by atoms with van der Waals surface area (Å²) in [6.07, 6.45) is 8.04. The zero-order chi connectivity index (χ0) is 15.0. The fourth-order valence-corrected chi connectivity index (χ4v) is 2.93. The molecule has 1 aliphatic carbocycles. The SMILES string of the molecule is COC(=O)C(C)C(C)NCCCN(C)C1CCCCC1. The fourth-order valence-electron chi connectivity index (χ4n) is 2.93. The standard InChI is InChI=1S/C16H32N2O2/c1-13(16(19)20-4)14(2)17-11-8-12-18(3)15-9-6-5-7-10-15/h13-15,17H,5-12H2,1-4H3. The highest BCUT2D eigenvalue weighted by molar-refractivity contribution is 5.72. The van der Waals surface area contributed by atoms with Crippen LogP contribution in [0.15, 0.2) is 0 Å². The first-order valence-corrected chi connectivity index (χ1v) is 8.07. The molecule has 1 rings (SSSR count). The Morgan fingerprint density at radius 1 is 1.30 bits per heavy atom. The van der Waals surface area contributed by atoms with Gasteiger partial charge < -0.3 is 15.0 Å². The van der Waals surface area contributed by atoms with E-state index in [4.69, 9.17) is 4.74 Å². The number of carbonyl (C=O) groups is 1. The molecule has 0 aromatic carbocycles. The van der Waals surface area contributed by atoms with Gasteiger partial charge in [0.1, 0.15) is 0 Å². The number of esters is 1. The van der Waals surface area contributed by atoms with E-state index in [1.807, 2.05) is 13.8 Å². The lowest BCUT2D eigenvalue weighted by Gasteiger charge is -2.31. The summed E-state index contributed by atoms with van der Waals surface area (Å²) in [6.45, 7) is 6.06. The minimum absolute atomic E-state index is 0.0870. The van der Waals surface area contributed by atoms with Crippen LogP contribution >= 0.6 is 0 Å². The number of nitrogens with zero attached hydrogens (tertiary/aromatic N) is 1. The lowest BCUT2D eigenvalue weighted by Crippen LogP contribution is -2.39. The van der Waals surface area contributed by atoms with Crippen LogP contribution in [0.2, 0.25) is 0 Å². The fraction of sp³-hybridized carbons (Fsp3) is 0.938. The molecule has 20 heavy (non-hydrogen) atoms. The molecule has 0 saturated heterocycles. The second kappa shape index (κ2) is 9.35. The minimum atomic E-state index is -0.135. The number of ether oxygens (including phenoxy) is 1. The van der Waals surface area contributed by atoms with E-state index in [0.29, 0.717) is 0 Å². The van der Waals surface area contributed by atoms with Crippen LogP contribution in [0.25, 0.3) is 0 Å². The van der Waals surface area contributed by atoms with E-state index in [9.17, 15) is 4.79 Å². The number of rotatable bonds is 8. The molecule has 4 nitrogen and oxygen atoms in total. The van der Waals surface area contributed by atoms with Crippen molar-refractivity contribution in [1.82, 2.24) is 10.2 Å². The zero-order valence-electron chi connectivity index (χ0n) is 13.7. The van der Waals surface area contributed by atoms with Gasteiger partial charge in [0.05, 0.1) is 13.0 Å². The average Bonchev–Trinajstić information content (AvgIpc) is 2.50.